The zero-order valence-electron chi connectivity index (χ0n) is 4.48. The highest BCUT2D eigenvalue weighted by Crippen LogP contribution is 2.05. The van der Waals surface area contributed by atoms with Crippen LogP contribution in [-0.2, 0) is 14.0 Å². The summed E-state index contributed by atoms with van der Waals surface area (Å²) in [4.78, 5) is 0. The van der Waals surface area contributed by atoms with Crippen molar-refractivity contribution >= 4 is 22.4 Å². The van der Waals surface area contributed by atoms with Crippen molar-refractivity contribution in [2.45, 2.75) is 0 Å². The maximum Gasteiger partial charge on any atom is 0.408 e. The van der Waals surface area contributed by atoms with Gasteiger partial charge in [-0.05, 0) is 0 Å². The van der Waals surface area contributed by atoms with Crippen molar-refractivity contribution in [1.82, 2.24) is 0 Å². The Kier molecular flexibility index (Phi) is 3.87. The molecule has 0 saturated heterocycles. The van der Waals surface area contributed by atoms with Crippen LogP contribution >= 0.6 is 12.0 Å². The fourth-order valence-corrected chi connectivity index (χ4v) is 0.942. The third-order valence-corrected chi connectivity index (χ3v) is 1.76. The van der Waals surface area contributed by atoms with E-state index in [0.717, 1.165) is 0 Å². The molecular formula is C3H6O4S2. The van der Waals surface area contributed by atoms with Crippen molar-refractivity contribution in [2.24, 2.45) is 0 Å². The lowest BCUT2D eigenvalue weighted by atomic mass is 10.8. The summed E-state index contributed by atoms with van der Waals surface area (Å²) in [5.41, 5.74) is 0. The van der Waals surface area contributed by atoms with E-state index >= 15 is 0 Å². The minimum absolute atomic E-state index is 0.319. The SMILES string of the molecule is C=CCSOS(=O)(=O)O. The molecule has 1 N–H and O–H groups in total. The molecule has 0 amide bonds. The van der Waals surface area contributed by atoms with Gasteiger partial charge in [0.05, 0.1) is 0 Å². The van der Waals surface area contributed by atoms with Gasteiger partial charge in [0, 0.05) is 17.8 Å². The Labute approximate surface area is 58.1 Å². The first kappa shape index (κ1) is 8.96. The molecule has 0 aliphatic heterocycles. The molecule has 54 valence electrons. The minimum atomic E-state index is -4.28. The van der Waals surface area contributed by atoms with Crippen LogP contribution in [0.1, 0.15) is 0 Å². The normalized spacial score (nSPS) is 11.2. The smallest absolute Gasteiger partial charge is 0.263 e. The van der Waals surface area contributed by atoms with Crippen molar-refractivity contribution in [3.8, 4) is 0 Å². The van der Waals surface area contributed by atoms with Gasteiger partial charge in [-0.1, -0.05) is 6.08 Å². The Balaban J connectivity index is 3.40. The molecule has 9 heavy (non-hydrogen) atoms. The molecule has 0 saturated carbocycles. The maximum atomic E-state index is 9.78. The van der Waals surface area contributed by atoms with E-state index < -0.39 is 10.4 Å². The van der Waals surface area contributed by atoms with Crippen LogP contribution in [0.25, 0.3) is 0 Å². The average molecular weight is 170 g/mol. The van der Waals surface area contributed by atoms with Crippen LogP contribution in [0.5, 0.6) is 0 Å². The Hall–Kier alpha value is -0.0400. The standard InChI is InChI=1S/C3H6O4S2/c1-2-3-8-7-9(4,5)6/h2H,1,3H2,(H,4,5,6). The van der Waals surface area contributed by atoms with E-state index in [1.165, 1.54) is 6.08 Å². The van der Waals surface area contributed by atoms with E-state index in [9.17, 15) is 8.42 Å². The molecule has 0 bridgehead atoms. The van der Waals surface area contributed by atoms with Gasteiger partial charge in [0.15, 0.2) is 0 Å². The van der Waals surface area contributed by atoms with Gasteiger partial charge in [-0.2, -0.15) is 12.0 Å². The summed E-state index contributed by atoms with van der Waals surface area (Å²) in [6, 6.07) is 0. The van der Waals surface area contributed by atoms with Crippen LogP contribution in [0.15, 0.2) is 12.7 Å². The molecular weight excluding hydrogens is 164 g/mol. The predicted molar refractivity (Wildman–Crippen MR) is 35.3 cm³/mol. The Morgan fingerprint density at radius 2 is 2.33 bits per heavy atom. The van der Waals surface area contributed by atoms with Gasteiger partial charge in [-0.15, -0.1) is 6.58 Å². The molecule has 0 aliphatic rings. The highest BCUT2D eigenvalue weighted by atomic mass is 32.3. The highest BCUT2D eigenvalue weighted by Gasteiger charge is 2.02. The number of rotatable bonds is 4. The van der Waals surface area contributed by atoms with Gasteiger partial charge in [0.2, 0.25) is 0 Å². The Morgan fingerprint density at radius 3 is 2.67 bits per heavy atom. The van der Waals surface area contributed by atoms with E-state index in [1.54, 1.807) is 0 Å². The summed E-state index contributed by atoms with van der Waals surface area (Å²) in [6.07, 6.45) is 1.45. The van der Waals surface area contributed by atoms with E-state index in [0.29, 0.717) is 17.8 Å². The van der Waals surface area contributed by atoms with E-state index in [4.69, 9.17) is 4.55 Å². The molecule has 6 heteroatoms. The monoisotopic (exact) mass is 170 g/mol. The number of hydrogen-bond acceptors (Lipinski definition) is 4. The average Bonchev–Trinajstić information content (AvgIpc) is 1.63. The lowest BCUT2D eigenvalue weighted by Crippen LogP contribution is -1.96. The molecule has 0 atom stereocenters. The molecule has 0 aromatic heterocycles. The van der Waals surface area contributed by atoms with Crippen LogP contribution in [0, 0.1) is 0 Å². The zero-order valence-corrected chi connectivity index (χ0v) is 6.11. The first-order valence-electron chi connectivity index (χ1n) is 1.95. The molecule has 4 nitrogen and oxygen atoms in total. The fraction of sp³-hybridized carbons (Fsp3) is 0.333. The summed E-state index contributed by atoms with van der Waals surface area (Å²) in [7, 11) is -4.28. The first-order chi connectivity index (χ1) is 4.06. The van der Waals surface area contributed by atoms with Gasteiger partial charge < -0.3 is 0 Å². The van der Waals surface area contributed by atoms with Gasteiger partial charge in [0.1, 0.15) is 0 Å². The maximum absolute atomic E-state index is 9.78. The third-order valence-electron chi connectivity index (χ3n) is 0.320. The lowest BCUT2D eigenvalue weighted by molar-refractivity contribution is 0.408. The van der Waals surface area contributed by atoms with Crippen molar-refractivity contribution in [1.29, 1.82) is 0 Å². The van der Waals surface area contributed by atoms with E-state index in [-0.39, 0.29) is 0 Å². The summed E-state index contributed by atoms with van der Waals surface area (Å²) < 4.78 is 31.4. The Bertz CT molecular complexity index is 170. The van der Waals surface area contributed by atoms with Crippen LogP contribution in [0.3, 0.4) is 0 Å². The highest BCUT2D eigenvalue weighted by molar-refractivity contribution is 8.02. The molecule has 0 radical (unpaired) electrons. The molecule has 0 unspecified atom stereocenters. The molecule has 0 rings (SSSR count). The van der Waals surface area contributed by atoms with Crippen LogP contribution in [0.4, 0.5) is 0 Å². The van der Waals surface area contributed by atoms with E-state index in [1.807, 2.05) is 0 Å². The van der Waals surface area contributed by atoms with Crippen molar-refractivity contribution in [3.05, 3.63) is 12.7 Å². The lowest BCUT2D eigenvalue weighted by Gasteiger charge is -1.91. The largest absolute Gasteiger partial charge is 0.408 e. The first-order valence-corrected chi connectivity index (χ1v) is 4.23. The van der Waals surface area contributed by atoms with Crippen molar-refractivity contribution in [3.63, 3.8) is 0 Å². The quantitative estimate of drug-likeness (QED) is 0.290. The topological polar surface area (TPSA) is 63.6 Å². The molecule has 0 fully saturated rings. The second-order valence-corrected chi connectivity index (χ2v) is 3.04. The van der Waals surface area contributed by atoms with Crippen molar-refractivity contribution in [2.75, 3.05) is 5.75 Å². The fourth-order valence-electron chi connectivity index (χ4n) is 0.137. The predicted octanol–water partition coefficient (Wildman–Crippen LogP) is 0.640. The minimum Gasteiger partial charge on any atom is -0.263 e. The summed E-state index contributed by atoms with van der Waals surface area (Å²) in [5.74, 6) is 0.319. The number of hydrogen-bond donors (Lipinski definition) is 1. The van der Waals surface area contributed by atoms with Crippen LogP contribution in [0.2, 0.25) is 0 Å². The van der Waals surface area contributed by atoms with Gasteiger partial charge in [-0.25, -0.2) is 0 Å². The second kappa shape index (κ2) is 3.89. The van der Waals surface area contributed by atoms with Crippen molar-refractivity contribution < 1.29 is 16.6 Å². The third kappa shape index (κ3) is 7.96. The van der Waals surface area contributed by atoms with E-state index in [2.05, 4.69) is 10.2 Å². The zero-order chi connectivity index (χ0) is 7.33. The molecule has 0 heterocycles. The Morgan fingerprint density at radius 1 is 1.78 bits per heavy atom. The van der Waals surface area contributed by atoms with Crippen LogP contribution < -0.4 is 0 Å². The molecule has 0 aromatic rings. The molecule has 0 aliphatic carbocycles. The second-order valence-electron chi connectivity index (χ2n) is 1.07. The molecule has 0 spiro atoms. The van der Waals surface area contributed by atoms with Crippen LogP contribution in [-0.4, -0.2) is 18.7 Å². The summed E-state index contributed by atoms with van der Waals surface area (Å²) >= 11 is 0.604. The summed E-state index contributed by atoms with van der Waals surface area (Å²) in [6.45, 7) is 3.30. The van der Waals surface area contributed by atoms with Gasteiger partial charge in [0.25, 0.3) is 0 Å². The summed E-state index contributed by atoms with van der Waals surface area (Å²) in [5, 5.41) is 0. The van der Waals surface area contributed by atoms with Gasteiger partial charge >= 0.3 is 10.4 Å². The molecule has 0 aromatic carbocycles. The van der Waals surface area contributed by atoms with Gasteiger partial charge in [-0.3, -0.25) is 4.55 Å².